The van der Waals surface area contributed by atoms with Gasteiger partial charge in [-0.2, -0.15) is 0 Å². The lowest BCUT2D eigenvalue weighted by molar-refractivity contribution is 0.315. The Morgan fingerprint density at radius 1 is 1.45 bits per heavy atom. The predicted octanol–water partition coefficient (Wildman–Crippen LogP) is 2.57. The normalized spacial score (nSPS) is 15.8. The average Bonchev–Trinajstić information content (AvgIpc) is 2.33. The molecule has 0 amide bonds. The molecule has 0 saturated heterocycles. The van der Waals surface area contributed by atoms with Gasteiger partial charge in [0.2, 0.25) is 0 Å². The summed E-state index contributed by atoms with van der Waals surface area (Å²) in [5, 5.41) is 3.32. The molecule has 0 atom stereocenters. The second kappa shape index (κ2) is 8.35. The third kappa shape index (κ3) is 5.58. The van der Waals surface area contributed by atoms with Crippen LogP contribution in [0.4, 0.5) is 0 Å². The van der Waals surface area contributed by atoms with Crippen molar-refractivity contribution in [2.75, 3.05) is 12.8 Å². The van der Waals surface area contributed by atoms with E-state index in [1.807, 2.05) is 0 Å². The van der Waals surface area contributed by atoms with Crippen molar-refractivity contribution >= 4 is 51.4 Å². The largest absolute Gasteiger partial charge is 0.370 e. The fourth-order valence-electron chi connectivity index (χ4n) is 2.12. The van der Waals surface area contributed by atoms with Crippen LogP contribution in [0.25, 0.3) is 0 Å². The molecule has 0 heterocycles. The number of rotatable bonds is 5. The number of benzene rings is 1. The Hall–Kier alpha value is -0.540. The summed E-state index contributed by atoms with van der Waals surface area (Å²) in [5.41, 5.74) is 6.62. The number of hydrogen-bond donors (Lipinski definition) is 2. The molecule has 22 heavy (non-hydrogen) atoms. The highest BCUT2D eigenvalue weighted by Gasteiger charge is 2.16. The van der Waals surface area contributed by atoms with Gasteiger partial charge in [-0.15, -0.1) is 24.0 Å². The number of halogens is 2. The van der Waals surface area contributed by atoms with Crippen LogP contribution >= 0.6 is 35.6 Å². The molecule has 0 bridgehead atoms. The van der Waals surface area contributed by atoms with Gasteiger partial charge in [-0.05, 0) is 36.5 Å². The second-order valence-electron chi connectivity index (χ2n) is 5.42. The zero-order valence-electron chi connectivity index (χ0n) is 12.4. The highest BCUT2D eigenvalue weighted by Crippen LogP contribution is 2.25. The summed E-state index contributed by atoms with van der Waals surface area (Å²) >= 11 is 5.98. The summed E-state index contributed by atoms with van der Waals surface area (Å²) in [4.78, 5) is 4.37. The molecule has 1 aromatic carbocycles. The summed E-state index contributed by atoms with van der Waals surface area (Å²) < 4.78 is 22.9. The monoisotopic (exact) mass is 457 g/mol. The molecular weight excluding hydrogens is 437 g/mol. The van der Waals surface area contributed by atoms with E-state index in [0.717, 1.165) is 18.4 Å². The maximum absolute atomic E-state index is 11.5. The van der Waals surface area contributed by atoms with Crippen molar-refractivity contribution in [2.45, 2.75) is 30.7 Å². The molecule has 124 valence electrons. The smallest absolute Gasteiger partial charge is 0.188 e. The molecule has 1 fully saturated rings. The van der Waals surface area contributed by atoms with E-state index < -0.39 is 9.84 Å². The molecular formula is C14H21ClIN3O2S. The molecule has 1 saturated carbocycles. The quantitative estimate of drug-likeness (QED) is 0.404. The Labute approximate surface area is 153 Å². The van der Waals surface area contributed by atoms with Gasteiger partial charge in [-0.1, -0.05) is 24.1 Å². The topological polar surface area (TPSA) is 84.5 Å². The Bertz CT molecular complexity index is 645. The number of sulfone groups is 1. The van der Waals surface area contributed by atoms with Crippen molar-refractivity contribution in [3.8, 4) is 0 Å². The zero-order chi connectivity index (χ0) is 15.5. The van der Waals surface area contributed by atoms with Crippen molar-refractivity contribution in [2.24, 2.45) is 16.6 Å². The van der Waals surface area contributed by atoms with Crippen LogP contribution in [0, 0.1) is 5.92 Å². The Kier molecular flexibility index (Phi) is 7.40. The third-order valence-electron chi connectivity index (χ3n) is 3.62. The van der Waals surface area contributed by atoms with Crippen molar-refractivity contribution in [1.82, 2.24) is 5.32 Å². The summed E-state index contributed by atoms with van der Waals surface area (Å²) in [6.45, 7) is 1.23. The molecule has 2 rings (SSSR count). The first-order valence-electron chi connectivity index (χ1n) is 6.88. The number of nitrogens with two attached hydrogens (primary N) is 1. The van der Waals surface area contributed by atoms with Crippen LogP contribution in [-0.4, -0.2) is 27.2 Å². The first-order valence-corrected chi connectivity index (χ1v) is 9.15. The van der Waals surface area contributed by atoms with E-state index in [0.29, 0.717) is 18.4 Å². The minimum Gasteiger partial charge on any atom is -0.370 e. The van der Waals surface area contributed by atoms with Crippen LogP contribution in [0.5, 0.6) is 0 Å². The summed E-state index contributed by atoms with van der Waals surface area (Å²) in [7, 11) is -3.30. The molecule has 3 N–H and O–H groups in total. The van der Waals surface area contributed by atoms with Crippen LogP contribution in [0.2, 0.25) is 5.02 Å². The summed E-state index contributed by atoms with van der Waals surface area (Å²) in [5.74, 6) is 1.12. The zero-order valence-corrected chi connectivity index (χ0v) is 16.3. The average molecular weight is 458 g/mol. The molecule has 0 spiro atoms. The molecule has 1 aliphatic carbocycles. The molecule has 0 aliphatic heterocycles. The van der Waals surface area contributed by atoms with Crippen LogP contribution in [0.15, 0.2) is 28.1 Å². The number of guanidine groups is 1. The SMILES string of the molecule is CS(=O)(=O)c1ccc(CN=C(N)NCC2CCC2)cc1Cl.I. The van der Waals surface area contributed by atoms with Crippen molar-refractivity contribution in [3.63, 3.8) is 0 Å². The first-order chi connectivity index (χ1) is 9.86. The van der Waals surface area contributed by atoms with E-state index in [1.165, 1.54) is 25.3 Å². The molecule has 1 aliphatic rings. The maximum Gasteiger partial charge on any atom is 0.188 e. The van der Waals surface area contributed by atoms with Crippen LogP contribution in [-0.2, 0) is 16.4 Å². The van der Waals surface area contributed by atoms with Crippen molar-refractivity contribution in [1.29, 1.82) is 0 Å². The van der Waals surface area contributed by atoms with Gasteiger partial charge in [0.05, 0.1) is 16.5 Å². The van der Waals surface area contributed by atoms with Gasteiger partial charge in [0.15, 0.2) is 15.8 Å². The van der Waals surface area contributed by atoms with Crippen LogP contribution in [0.1, 0.15) is 24.8 Å². The number of hydrogen-bond acceptors (Lipinski definition) is 3. The number of nitrogens with zero attached hydrogens (tertiary/aromatic N) is 1. The van der Waals surface area contributed by atoms with Gasteiger partial charge in [0.1, 0.15) is 0 Å². The van der Waals surface area contributed by atoms with Gasteiger partial charge in [-0.25, -0.2) is 13.4 Å². The predicted molar refractivity (Wildman–Crippen MR) is 101 cm³/mol. The van der Waals surface area contributed by atoms with Crippen LogP contribution in [0.3, 0.4) is 0 Å². The Balaban J connectivity index is 0.00000242. The minimum absolute atomic E-state index is 0. The summed E-state index contributed by atoms with van der Waals surface area (Å²) in [6.07, 6.45) is 4.94. The Morgan fingerprint density at radius 3 is 2.64 bits per heavy atom. The lowest BCUT2D eigenvalue weighted by atomic mass is 9.85. The number of aliphatic imine (C=N–C) groups is 1. The van der Waals surface area contributed by atoms with E-state index in [9.17, 15) is 8.42 Å². The van der Waals surface area contributed by atoms with Gasteiger partial charge < -0.3 is 11.1 Å². The van der Waals surface area contributed by atoms with Gasteiger partial charge in [-0.3, -0.25) is 0 Å². The van der Waals surface area contributed by atoms with E-state index >= 15 is 0 Å². The highest BCUT2D eigenvalue weighted by atomic mass is 127. The molecule has 0 aromatic heterocycles. The minimum atomic E-state index is -3.30. The Morgan fingerprint density at radius 2 is 2.14 bits per heavy atom. The highest BCUT2D eigenvalue weighted by molar-refractivity contribution is 14.0. The van der Waals surface area contributed by atoms with Gasteiger partial charge in [0, 0.05) is 12.8 Å². The summed E-state index contributed by atoms with van der Waals surface area (Å²) in [6, 6.07) is 4.81. The molecule has 0 unspecified atom stereocenters. The molecule has 8 heteroatoms. The first kappa shape index (κ1) is 19.5. The fraction of sp³-hybridized carbons (Fsp3) is 0.500. The van der Waals surface area contributed by atoms with Gasteiger partial charge >= 0.3 is 0 Å². The van der Waals surface area contributed by atoms with E-state index in [1.54, 1.807) is 12.1 Å². The molecule has 0 radical (unpaired) electrons. The van der Waals surface area contributed by atoms with Gasteiger partial charge in [0.25, 0.3) is 0 Å². The van der Waals surface area contributed by atoms with Crippen molar-refractivity contribution < 1.29 is 8.42 Å². The van der Waals surface area contributed by atoms with Crippen LogP contribution < -0.4 is 11.1 Å². The third-order valence-corrected chi connectivity index (χ3v) is 5.20. The van der Waals surface area contributed by atoms with E-state index in [2.05, 4.69) is 10.3 Å². The second-order valence-corrected chi connectivity index (χ2v) is 7.81. The lowest BCUT2D eigenvalue weighted by Crippen LogP contribution is -2.37. The molecule has 5 nitrogen and oxygen atoms in total. The maximum atomic E-state index is 11.5. The number of nitrogens with one attached hydrogen (secondary N) is 1. The lowest BCUT2D eigenvalue weighted by Gasteiger charge is -2.25. The van der Waals surface area contributed by atoms with E-state index in [-0.39, 0.29) is 33.9 Å². The standard InChI is InChI=1S/C14H20ClN3O2S.HI/c1-21(19,20)13-6-5-11(7-12(13)15)9-18-14(16)17-8-10-3-2-4-10;/h5-7,10H,2-4,8-9H2,1H3,(H3,16,17,18);1H. The van der Waals surface area contributed by atoms with Crippen molar-refractivity contribution in [3.05, 3.63) is 28.8 Å². The molecule has 1 aromatic rings. The fourth-order valence-corrected chi connectivity index (χ4v) is 3.47. The van der Waals surface area contributed by atoms with E-state index in [4.69, 9.17) is 17.3 Å².